The molecule has 1 aliphatic heterocycles. The molecule has 0 aromatic heterocycles. The molecule has 1 aliphatic rings. The van der Waals surface area contributed by atoms with E-state index in [0.717, 1.165) is 0 Å². The van der Waals surface area contributed by atoms with Crippen LogP contribution >= 0.6 is 11.6 Å². The maximum absolute atomic E-state index is 13.5. The second-order valence-electron chi connectivity index (χ2n) is 11.4. The Morgan fingerprint density at radius 3 is 2.22 bits per heavy atom. The number of hydrogen-bond acceptors (Lipinski definition) is 7. The molecule has 0 saturated carbocycles. The van der Waals surface area contributed by atoms with Crippen LogP contribution in [-0.2, 0) is 18.8 Å². The van der Waals surface area contributed by atoms with Gasteiger partial charge in [-0.15, -0.1) is 0 Å². The number of nitrogens with two attached hydrogens (primary N) is 1. The molecule has 37 heavy (non-hydrogen) atoms. The van der Waals surface area contributed by atoms with Crippen LogP contribution in [0.2, 0.25) is 5.02 Å². The molecule has 0 aliphatic carbocycles. The van der Waals surface area contributed by atoms with Crippen molar-refractivity contribution in [3.05, 3.63) is 52.0 Å². The average molecular weight is 530 g/mol. The molecular formula is C28H37BClNO6. The Bertz CT molecular complexity index is 1190. The monoisotopic (exact) mass is 529 g/mol. The van der Waals surface area contributed by atoms with Gasteiger partial charge < -0.3 is 24.5 Å². The molecule has 2 N–H and O–H groups in total. The molecule has 2 aromatic rings. The van der Waals surface area contributed by atoms with Crippen LogP contribution in [0.1, 0.15) is 83.3 Å². The first-order chi connectivity index (χ1) is 17.0. The quantitative estimate of drug-likeness (QED) is 0.226. The summed E-state index contributed by atoms with van der Waals surface area (Å²) in [6, 6.07) is 8.28. The Morgan fingerprint density at radius 2 is 1.68 bits per heavy atom. The lowest BCUT2D eigenvalue weighted by Crippen LogP contribution is -2.41. The third kappa shape index (κ3) is 6.13. The zero-order chi connectivity index (χ0) is 27.9. The highest BCUT2D eigenvalue weighted by Gasteiger charge is 2.52. The molecule has 2 aromatic carbocycles. The summed E-state index contributed by atoms with van der Waals surface area (Å²) in [6.07, 6.45) is -0.415. The number of nitrogen functional groups attached to an aromatic ring is 1. The van der Waals surface area contributed by atoms with Crippen LogP contribution in [0.25, 0.3) is 0 Å². The molecule has 200 valence electrons. The van der Waals surface area contributed by atoms with E-state index < -0.39 is 36.0 Å². The molecule has 0 radical (unpaired) electrons. The van der Waals surface area contributed by atoms with E-state index in [1.165, 1.54) is 0 Å². The molecule has 1 fully saturated rings. The number of rotatable bonds is 7. The number of ether oxygens (including phenoxy) is 2. The Hall–Kier alpha value is -2.55. The lowest BCUT2D eigenvalue weighted by molar-refractivity contribution is -0.163. The van der Waals surface area contributed by atoms with E-state index >= 15 is 0 Å². The molecule has 0 bridgehead atoms. The average Bonchev–Trinajstić information content (AvgIpc) is 3.00. The summed E-state index contributed by atoms with van der Waals surface area (Å²) >= 11 is 6.47. The van der Waals surface area contributed by atoms with Crippen LogP contribution in [0.4, 0.5) is 5.69 Å². The molecule has 0 spiro atoms. The van der Waals surface area contributed by atoms with Crippen molar-refractivity contribution in [1.29, 1.82) is 0 Å². The highest BCUT2D eigenvalue weighted by atomic mass is 35.5. The highest BCUT2D eigenvalue weighted by molar-refractivity contribution is 6.65. The summed E-state index contributed by atoms with van der Waals surface area (Å²) in [7, 11) is -0.703. The number of esters is 1. The summed E-state index contributed by atoms with van der Waals surface area (Å²) in [5.74, 6) is -0.381. The standard InChI is InChI=1S/C28H37BClNO6/c1-10-21(25(33)35-26(3,4)5)34-22-14-12-18(16(2)23(22)31)24(32)17-11-13-20(30)19(15-17)29-36-27(6,7)28(8,9)37-29/h11-15,21H,10,31H2,1-9H3. The van der Waals surface area contributed by atoms with Crippen molar-refractivity contribution in [1.82, 2.24) is 0 Å². The fourth-order valence-electron chi connectivity index (χ4n) is 3.86. The molecular weight excluding hydrogens is 493 g/mol. The highest BCUT2D eigenvalue weighted by Crippen LogP contribution is 2.37. The third-order valence-electron chi connectivity index (χ3n) is 6.79. The van der Waals surface area contributed by atoms with Crippen molar-refractivity contribution in [2.75, 3.05) is 5.73 Å². The molecule has 0 amide bonds. The van der Waals surface area contributed by atoms with Gasteiger partial charge in [-0.1, -0.05) is 18.5 Å². The zero-order valence-electron chi connectivity index (χ0n) is 23.2. The van der Waals surface area contributed by atoms with E-state index in [0.29, 0.717) is 39.3 Å². The molecule has 3 rings (SSSR count). The van der Waals surface area contributed by atoms with E-state index in [1.54, 1.807) is 58.0 Å². The zero-order valence-corrected chi connectivity index (χ0v) is 23.9. The van der Waals surface area contributed by atoms with Crippen molar-refractivity contribution in [2.45, 2.75) is 91.6 Å². The van der Waals surface area contributed by atoms with E-state index in [4.69, 9.17) is 36.1 Å². The van der Waals surface area contributed by atoms with Gasteiger partial charge in [-0.2, -0.15) is 0 Å². The second kappa shape index (κ2) is 10.3. The summed E-state index contributed by atoms with van der Waals surface area (Å²) in [5, 5.41) is 0.447. The number of benzene rings is 2. The minimum atomic E-state index is -0.818. The van der Waals surface area contributed by atoms with Gasteiger partial charge in [0.2, 0.25) is 0 Å². The van der Waals surface area contributed by atoms with Crippen molar-refractivity contribution in [3.8, 4) is 5.75 Å². The third-order valence-corrected chi connectivity index (χ3v) is 7.14. The minimum absolute atomic E-state index is 0.232. The van der Waals surface area contributed by atoms with E-state index in [9.17, 15) is 9.59 Å². The maximum Gasteiger partial charge on any atom is 0.496 e. The summed E-state index contributed by atoms with van der Waals surface area (Å²) < 4.78 is 23.6. The normalized spacial score (nSPS) is 17.4. The van der Waals surface area contributed by atoms with Gasteiger partial charge >= 0.3 is 13.1 Å². The fourth-order valence-corrected chi connectivity index (χ4v) is 4.07. The largest absolute Gasteiger partial charge is 0.496 e. The molecule has 1 heterocycles. The van der Waals surface area contributed by atoms with E-state index in [2.05, 4.69) is 0 Å². The molecule has 7 nitrogen and oxygen atoms in total. The van der Waals surface area contributed by atoms with Crippen molar-refractivity contribution >= 4 is 41.6 Å². The van der Waals surface area contributed by atoms with Crippen LogP contribution in [0.15, 0.2) is 30.3 Å². The van der Waals surface area contributed by atoms with Gasteiger partial charge in [0.15, 0.2) is 11.9 Å². The predicted octanol–water partition coefficient (Wildman–Crippen LogP) is 5.26. The van der Waals surface area contributed by atoms with E-state index in [1.807, 2.05) is 34.6 Å². The van der Waals surface area contributed by atoms with Crippen LogP contribution in [0.5, 0.6) is 5.75 Å². The summed E-state index contributed by atoms with van der Waals surface area (Å²) in [6.45, 7) is 16.8. The van der Waals surface area contributed by atoms with Crippen LogP contribution in [0, 0.1) is 6.92 Å². The van der Waals surface area contributed by atoms with Gasteiger partial charge in [0.05, 0.1) is 16.9 Å². The maximum atomic E-state index is 13.5. The van der Waals surface area contributed by atoms with Gasteiger partial charge in [-0.25, -0.2) is 4.79 Å². The number of halogens is 1. The van der Waals surface area contributed by atoms with Crippen LogP contribution in [-0.4, -0.2) is 41.8 Å². The summed E-state index contributed by atoms with van der Waals surface area (Å²) in [5.41, 5.74) is 6.88. The summed E-state index contributed by atoms with van der Waals surface area (Å²) in [4.78, 5) is 26.0. The number of anilines is 1. The van der Waals surface area contributed by atoms with Gasteiger partial charge in [0, 0.05) is 21.6 Å². The van der Waals surface area contributed by atoms with Crippen molar-refractivity contribution < 1.29 is 28.4 Å². The smallest absolute Gasteiger partial charge is 0.477 e. The lowest BCUT2D eigenvalue weighted by Gasteiger charge is -2.32. The van der Waals surface area contributed by atoms with Crippen LogP contribution < -0.4 is 15.9 Å². The second-order valence-corrected chi connectivity index (χ2v) is 11.8. The number of carbonyl (C=O) groups excluding carboxylic acids is 2. The lowest BCUT2D eigenvalue weighted by atomic mass is 9.77. The first-order valence-electron chi connectivity index (χ1n) is 12.5. The Morgan fingerprint density at radius 1 is 1.08 bits per heavy atom. The Kier molecular flexibility index (Phi) is 8.09. The minimum Gasteiger partial charge on any atom is -0.477 e. The fraction of sp³-hybridized carbons (Fsp3) is 0.500. The van der Waals surface area contributed by atoms with E-state index in [-0.39, 0.29) is 11.5 Å². The predicted molar refractivity (Wildman–Crippen MR) is 147 cm³/mol. The first kappa shape index (κ1) is 29.0. The molecule has 1 atom stereocenters. The Balaban J connectivity index is 1.88. The van der Waals surface area contributed by atoms with Crippen molar-refractivity contribution in [3.63, 3.8) is 0 Å². The van der Waals surface area contributed by atoms with Crippen LogP contribution in [0.3, 0.4) is 0 Å². The van der Waals surface area contributed by atoms with Gasteiger partial charge in [-0.3, -0.25) is 4.79 Å². The Labute approximate surface area is 225 Å². The molecule has 1 saturated heterocycles. The van der Waals surface area contributed by atoms with Gasteiger partial charge in [0.25, 0.3) is 0 Å². The molecule has 1 unspecified atom stereocenters. The van der Waals surface area contributed by atoms with Crippen molar-refractivity contribution in [2.24, 2.45) is 0 Å². The van der Waals surface area contributed by atoms with Gasteiger partial charge in [-0.05, 0) is 97.7 Å². The number of hydrogen-bond donors (Lipinski definition) is 1. The number of ketones is 1. The number of carbonyl (C=O) groups is 2. The topological polar surface area (TPSA) is 97.1 Å². The van der Waals surface area contributed by atoms with Gasteiger partial charge in [0.1, 0.15) is 11.4 Å². The molecule has 9 heteroatoms. The SMILES string of the molecule is CCC(Oc1ccc(C(=O)c2ccc(Cl)c(B3OC(C)(C)C(C)(C)O3)c2)c(C)c1N)C(=O)OC(C)(C)C. The first-order valence-corrected chi connectivity index (χ1v) is 12.8.